The van der Waals surface area contributed by atoms with Crippen molar-refractivity contribution in [3.8, 4) is 5.75 Å². The molecule has 156 valence electrons. The van der Waals surface area contributed by atoms with Gasteiger partial charge in [0, 0.05) is 11.3 Å². The molecule has 0 aliphatic heterocycles. The van der Waals surface area contributed by atoms with Crippen molar-refractivity contribution >= 4 is 34.3 Å². The van der Waals surface area contributed by atoms with Crippen LogP contribution in [0.15, 0.2) is 18.2 Å². The molecule has 2 rings (SSSR count). The van der Waals surface area contributed by atoms with Crippen molar-refractivity contribution in [1.82, 2.24) is 0 Å². The van der Waals surface area contributed by atoms with Crippen molar-refractivity contribution < 1.29 is 19.0 Å². The molecule has 3 unspecified atom stereocenters. The highest BCUT2D eigenvalue weighted by molar-refractivity contribution is 8.22. The summed E-state index contributed by atoms with van der Waals surface area (Å²) in [4.78, 5) is 12.3. The van der Waals surface area contributed by atoms with E-state index < -0.39 is 5.41 Å². The average molecular weight is 425 g/mol. The van der Waals surface area contributed by atoms with E-state index in [2.05, 4.69) is 19.1 Å². The molecule has 0 heterocycles. The van der Waals surface area contributed by atoms with E-state index in [4.69, 9.17) is 26.4 Å². The molecule has 1 fully saturated rings. The van der Waals surface area contributed by atoms with Crippen LogP contribution in [0, 0.1) is 18.3 Å². The Morgan fingerprint density at radius 1 is 1.32 bits per heavy atom. The van der Waals surface area contributed by atoms with Gasteiger partial charge in [-0.15, -0.1) is 0 Å². The number of carbonyl (C=O) groups excluding carboxylic acids is 1. The molecule has 3 atom stereocenters. The van der Waals surface area contributed by atoms with Gasteiger partial charge < -0.3 is 14.2 Å². The summed E-state index contributed by atoms with van der Waals surface area (Å²) in [5, 5.41) is 0. The molecule has 1 aliphatic rings. The molecule has 0 bridgehead atoms. The molecule has 0 N–H and O–H groups in total. The van der Waals surface area contributed by atoms with Gasteiger partial charge in [0.05, 0.1) is 19.1 Å². The molecule has 1 aromatic rings. The minimum atomic E-state index is -0.512. The van der Waals surface area contributed by atoms with Crippen LogP contribution < -0.4 is 4.74 Å². The quantitative estimate of drug-likeness (QED) is 0.472. The molecule has 1 saturated carbocycles. The van der Waals surface area contributed by atoms with Gasteiger partial charge in [0.15, 0.2) is 0 Å². The summed E-state index contributed by atoms with van der Waals surface area (Å²) < 4.78 is 17.8. The highest BCUT2D eigenvalue weighted by Crippen LogP contribution is 2.48. The number of hydrogen-bond acceptors (Lipinski definition) is 6. The Morgan fingerprint density at radius 3 is 2.54 bits per heavy atom. The number of rotatable bonds is 5. The zero-order valence-corrected chi connectivity index (χ0v) is 19.6. The lowest BCUT2D eigenvalue weighted by molar-refractivity contribution is -0.155. The standard InChI is InChI=1S/C22H32O4S2/c1-14-12-15(8-10-17(14)24-6)22(5)16(13-25-19(23)21(2,3)4)9-11-18(22)26-20(27)28-7/h8,10,12,16,18H,9,11,13H2,1-7H3. The van der Waals surface area contributed by atoms with Gasteiger partial charge >= 0.3 is 5.97 Å². The molecular formula is C22H32O4S2. The fraction of sp³-hybridized carbons (Fsp3) is 0.636. The summed E-state index contributed by atoms with van der Waals surface area (Å²) in [5.41, 5.74) is 1.41. The summed E-state index contributed by atoms with van der Waals surface area (Å²) in [6.07, 6.45) is 3.66. The van der Waals surface area contributed by atoms with Crippen LogP contribution in [0.25, 0.3) is 0 Å². The van der Waals surface area contributed by atoms with Crippen LogP contribution in [0.2, 0.25) is 0 Å². The minimum absolute atomic E-state index is 0.0569. The molecule has 4 nitrogen and oxygen atoms in total. The lowest BCUT2D eigenvalue weighted by atomic mass is 9.72. The van der Waals surface area contributed by atoms with E-state index in [0.29, 0.717) is 11.0 Å². The predicted molar refractivity (Wildman–Crippen MR) is 119 cm³/mol. The zero-order chi connectivity index (χ0) is 21.1. The van der Waals surface area contributed by atoms with Crippen molar-refractivity contribution in [1.29, 1.82) is 0 Å². The van der Waals surface area contributed by atoms with E-state index in [0.717, 1.165) is 29.7 Å². The summed E-state index contributed by atoms with van der Waals surface area (Å²) in [6.45, 7) is 10.2. The molecule has 0 spiro atoms. The van der Waals surface area contributed by atoms with E-state index in [1.165, 1.54) is 11.8 Å². The Bertz CT molecular complexity index is 726. The lowest BCUT2D eigenvalue weighted by Gasteiger charge is -2.37. The molecular weight excluding hydrogens is 392 g/mol. The number of benzene rings is 1. The van der Waals surface area contributed by atoms with Crippen LogP contribution in [0.3, 0.4) is 0 Å². The molecule has 1 aromatic carbocycles. The van der Waals surface area contributed by atoms with E-state index in [9.17, 15) is 4.79 Å². The van der Waals surface area contributed by atoms with Gasteiger partial charge in [-0.25, -0.2) is 0 Å². The maximum atomic E-state index is 12.3. The zero-order valence-electron chi connectivity index (χ0n) is 18.0. The molecule has 0 aromatic heterocycles. The topological polar surface area (TPSA) is 44.8 Å². The Morgan fingerprint density at radius 2 is 2.00 bits per heavy atom. The van der Waals surface area contributed by atoms with Crippen LogP contribution in [0.1, 0.15) is 51.7 Å². The fourth-order valence-corrected chi connectivity index (χ4v) is 4.17. The monoisotopic (exact) mass is 424 g/mol. The number of ether oxygens (including phenoxy) is 3. The van der Waals surface area contributed by atoms with Crippen molar-refractivity contribution in [3.05, 3.63) is 29.3 Å². The lowest BCUT2D eigenvalue weighted by Crippen LogP contribution is -2.42. The van der Waals surface area contributed by atoms with Crippen molar-refractivity contribution in [2.75, 3.05) is 20.0 Å². The predicted octanol–water partition coefficient (Wildman–Crippen LogP) is 5.29. The van der Waals surface area contributed by atoms with Gasteiger partial charge in [0.2, 0.25) is 4.38 Å². The second kappa shape index (κ2) is 9.04. The highest BCUT2D eigenvalue weighted by Gasteiger charge is 2.50. The van der Waals surface area contributed by atoms with Crippen molar-refractivity contribution in [3.63, 3.8) is 0 Å². The number of aryl methyl sites for hydroxylation is 1. The molecule has 0 saturated heterocycles. The van der Waals surface area contributed by atoms with Crippen molar-refractivity contribution in [2.45, 2.75) is 59.0 Å². The van der Waals surface area contributed by atoms with E-state index in [-0.39, 0.29) is 23.4 Å². The van der Waals surface area contributed by atoms with Crippen LogP contribution >= 0.6 is 24.0 Å². The SMILES string of the molecule is COc1ccc(C2(C)C(COC(=O)C(C)(C)C)CCC2OC(=S)SC)cc1C. The van der Waals surface area contributed by atoms with Crippen LogP contribution in [-0.4, -0.2) is 36.4 Å². The van der Waals surface area contributed by atoms with E-state index in [1.54, 1.807) is 7.11 Å². The van der Waals surface area contributed by atoms with Gasteiger partial charge in [0.1, 0.15) is 11.9 Å². The third kappa shape index (κ3) is 4.82. The second-order valence-electron chi connectivity index (χ2n) is 8.65. The number of thioether (sulfide) groups is 1. The first kappa shape index (κ1) is 23.0. The van der Waals surface area contributed by atoms with Gasteiger partial charge in [-0.1, -0.05) is 30.8 Å². The average Bonchev–Trinajstić information content (AvgIpc) is 2.95. The van der Waals surface area contributed by atoms with Gasteiger partial charge in [-0.2, -0.15) is 0 Å². The Kier molecular flexibility index (Phi) is 7.43. The first-order chi connectivity index (χ1) is 13.0. The van der Waals surface area contributed by atoms with Gasteiger partial charge in [0.25, 0.3) is 0 Å². The first-order valence-electron chi connectivity index (χ1n) is 9.61. The Hall–Kier alpha value is -1.27. The van der Waals surface area contributed by atoms with Gasteiger partial charge in [-0.05, 0) is 76.2 Å². The fourth-order valence-electron chi connectivity index (χ4n) is 3.85. The molecule has 6 heteroatoms. The smallest absolute Gasteiger partial charge is 0.311 e. The summed E-state index contributed by atoms with van der Waals surface area (Å²) in [5.74, 6) is 0.837. The normalized spacial score (nSPS) is 24.7. The third-order valence-electron chi connectivity index (χ3n) is 5.74. The third-order valence-corrected chi connectivity index (χ3v) is 6.77. The highest BCUT2D eigenvalue weighted by atomic mass is 32.2. The maximum Gasteiger partial charge on any atom is 0.311 e. The molecule has 1 aliphatic carbocycles. The molecule has 0 amide bonds. The number of thiocarbonyl (C=S) groups is 1. The van der Waals surface area contributed by atoms with Crippen LogP contribution in [0.5, 0.6) is 5.75 Å². The van der Waals surface area contributed by atoms with Crippen LogP contribution in [-0.2, 0) is 19.7 Å². The number of esters is 1. The van der Waals surface area contributed by atoms with Gasteiger partial charge in [-0.3, -0.25) is 4.79 Å². The Balaban J connectivity index is 2.35. The largest absolute Gasteiger partial charge is 0.496 e. The number of carbonyl (C=O) groups is 1. The second-order valence-corrected chi connectivity index (χ2v) is 10.1. The Labute approximate surface area is 178 Å². The molecule has 0 radical (unpaired) electrons. The van der Waals surface area contributed by atoms with Crippen LogP contribution in [0.4, 0.5) is 0 Å². The number of hydrogen-bond donors (Lipinski definition) is 0. The first-order valence-corrected chi connectivity index (χ1v) is 11.2. The number of methoxy groups -OCH3 is 1. The minimum Gasteiger partial charge on any atom is -0.496 e. The van der Waals surface area contributed by atoms with Crippen molar-refractivity contribution in [2.24, 2.45) is 11.3 Å². The summed E-state index contributed by atoms with van der Waals surface area (Å²) in [6, 6.07) is 6.24. The summed E-state index contributed by atoms with van der Waals surface area (Å²) in [7, 11) is 1.68. The summed E-state index contributed by atoms with van der Waals surface area (Å²) >= 11 is 6.78. The maximum absolute atomic E-state index is 12.3. The van der Waals surface area contributed by atoms with E-state index >= 15 is 0 Å². The molecule has 28 heavy (non-hydrogen) atoms. The van der Waals surface area contributed by atoms with E-state index in [1.807, 2.05) is 40.0 Å².